The molecule has 0 aliphatic carbocycles. The second-order valence-corrected chi connectivity index (χ2v) is 6.33. The highest BCUT2D eigenvalue weighted by Gasteiger charge is 2.21. The molecule has 0 unspecified atom stereocenters. The van der Waals surface area contributed by atoms with Gasteiger partial charge in [0.15, 0.2) is 0 Å². The first-order valence-electron chi connectivity index (χ1n) is 6.61. The van der Waals surface area contributed by atoms with Crippen molar-refractivity contribution in [3.8, 4) is 0 Å². The molecule has 0 spiro atoms. The van der Waals surface area contributed by atoms with Crippen molar-refractivity contribution in [1.82, 2.24) is 14.5 Å². The Kier molecular flexibility index (Phi) is 5.46. The number of aromatic nitrogens is 1. The first-order chi connectivity index (χ1) is 10.1. The average molecular weight is 363 g/mol. The molecule has 1 aromatic heterocycles. The largest absolute Gasteiger partial charge is 0.338 e. The summed E-state index contributed by atoms with van der Waals surface area (Å²) in [4.78, 5) is 26.0. The lowest BCUT2D eigenvalue weighted by atomic mass is 10.3. The highest BCUT2D eigenvalue weighted by molar-refractivity contribution is 7.17. The molecule has 1 aliphatic rings. The van der Waals surface area contributed by atoms with E-state index in [0.29, 0.717) is 36.7 Å². The first-order valence-corrected chi connectivity index (χ1v) is 7.81. The van der Waals surface area contributed by atoms with Crippen LogP contribution >= 0.6 is 35.3 Å². The van der Waals surface area contributed by atoms with Crippen LogP contribution in [0.3, 0.4) is 0 Å². The normalized spacial score (nSPS) is 15.8. The predicted octanol–water partition coefficient (Wildman–Crippen LogP) is 1.16. The van der Waals surface area contributed by atoms with Crippen molar-refractivity contribution in [2.75, 3.05) is 26.2 Å². The van der Waals surface area contributed by atoms with E-state index in [1.54, 1.807) is 22.0 Å². The number of nitrogens with two attached hydrogens (primary N) is 1. The molecule has 0 saturated carbocycles. The molecule has 9 heteroatoms. The zero-order valence-corrected chi connectivity index (χ0v) is 14.1. The fourth-order valence-corrected chi connectivity index (χ4v) is 3.59. The summed E-state index contributed by atoms with van der Waals surface area (Å²) in [6, 6.07) is 5.33. The molecular formula is C13H16Cl2N4O2S. The summed E-state index contributed by atoms with van der Waals surface area (Å²) in [6.07, 6.45) is 0. The fraction of sp³-hybridized carbons (Fsp3) is 0.385. The number of carbonyl (C=O) groups excluding carboxylic acids is 1. The van der Waals surface area contributed by atoms with Gasteiger partial charge in [-0.15, -0.1) is 12.4 Å². The van der Waals surface area contributed by atoms with Crippen LogP contribution in [0.1, 0.15) is 0 Å². The maximum Gasteiger partial charge on any atom is 0.308 e. The molecule has 1 saturated heterocycles. The number of amides is 1. The third kappa shape index (κ3) is 3.28. The zero-order chi connectivity index (χ0) is 15.0. The van der Waals surface area contributed by atoms with Gasteiger partial charge in [-0.25, -0.2) is 5.01 Å². The highest BCUT2D eigenvalue weighted by Crippen LogP contribution is 2.25. The number of benzene rings is 1. The summed E-state index contributed by atoms with van der Waals surface area (Å²) in [7, 11) is 0. The van der Waals surface area contributed by atoms with E-state index < -0.39 is 0 Å². The minimum absolute atomic E-state index is 0. The van der Waals surface area contributed by atoms with Crippen LogP contribution in [0.4, 0.5) is 0 Å². The number of hydrogen-bond donors (Lipinski definition) is 1. The number of halogens is 2. The summed E-state index contributed by atoms with van der Waals surface area (Å²) in [5.74, 6) is 5.61. The second kappa shape index (κ2) is 6.97. The Hall–Kier alpha value is -1.12. The third-order valence-corrected chi connectivity index (χ3v) is 5.06. The molecule has 1 fully saturated rings. The Balaban J connectivity index is 0.00000176. The van der Waals surface area contributed by atoms with E-state index in [9.17, 15) is 9.59 Å². The van der Waals surface area contributed by atoms with Crippen molar-refractivity contribution in [1.29, 1.82) is 0 Å². The molecule has 1 amide bonds. The molecule has 0 atom stereocenters. The predicted molar refractivity (Wildman–Crippen MR) is 90.7 cm³/mol. The minimum Gasteiger partial charge on any atom is -0.338 e. The molecule has 0 bridgehead atoms. The number of carbonyl (C=O) groups is 1. The van der Waals surface area contributed by atoms with Crippen LogP contribution in [-0.4, -0.2) is 46.6 Å². The van der Waals surface area contributed by atoms with Crippen LogP contribution in [0.5, 0.6) is 0 Å². The van der Waals surface area contributed by atoms with Gasteiger partial charge in [-0.2, -0.15) is 0 Å². The topological polar surface area (TPSA) is 71.6 Å². The quantitative estimate of drug-likeness (QED) is 0.813. The van der Waals surface area contributed by atoms with Gasteiger partial charge in [0.05, 0.1) is 15.2 Å². The van der Waals surface area contributed by atoms with Crippen molar-refractivity contribution in [3.63, 3.8) is 0 Å². The molecule has 22 heavy (non-hydrogen) atoms. The third-order valence-electron chi connectivity index (χ3n) is 3.61. The molecule has 120 valence electrons. The van der Waals surface area contributed by atoms with E-state index in [4.69, 9.17) is 17.4 Å². The summed E-state index contributed by atoms with van der Waals surface area (Å²) >= 11 is 7.16. The lowest BCUT2D eigenvalue weighted by Crippen LogP contribution is -2.52. The van der Waals surface area contributed by atoms with Crippen molar-refractivity contribution in [3.05, 3.63) is 32.9 Å². The number of rotatable bonds is 2. The monoisotopic (exact) mass is 362 g/mol. The van der Waals surface area contributed by atoms with Gasteiger partial charge in [-0.05, 0) is 12.1 Å². The van der Waals surface area contributed by atoms with Crippen LogP contribution < -0.4 is 10.7 Å². The highest BCUT2D eigenvalue weighted by atomic mass is 35.5. The fourth-order valence-electron chi connectivity index (χ4n) is 2.41. The molecule has 2 N–H and O–H groups in total. The molecule has 1 aliphatic heterocycles. The average Bonchev–Trinajstić information content (AvgIpc) is 2.78. The molecule has 2 heterocycles. The van der Waals surface area contributed by atoms with Gasteiger partial charge in [0.25, 0.3) is 0 Å². The summed E-state index contributed by atoms with van der Waals surface area (Å²) in [5, 5.41) is 2.23. The number of thiazole rings is 1. The Morgan fingerprint density at radius 1 is 1.27 bits per heavy atom. The van der Waals surface area contributed by atoms with Crippen molar-refractivity contribution >= 4 is 51.5 Å². The van der Waals surface area contributed by atoms with E-state index >= 15 is 0 Å². The summed E-state index contributed by atoms with van der Waals surface area (Å²) in [5.41, 5.74) is 0.711. The Bertz CT molecular complexity index is 737. The van der Waals surface area contributed by atoms with Crippen LogP contribution in [-0.2, 0) is 11.3 Å². The molecule has 2 aromatic rings. The van der Waals surface area contributed by atoms with E-state index in [1.165, 1.54) is 4.57 Å². The molecule has 1 aromatic carbocycles. The van der Waals surface area contributed by atoms with Gasteiger partial charge >= 0.3 is 4.87 Å². The molecular weight excluding hydrogens is 347 g/mol. The van der Waals surface area contributed by atoms with Gasteiger partial charge in [-0.1, -0.05) is 29.0 Å². The van der Waals surface area contributed by atoms with E-state index in [1.807, 2.05) is 6.07 Å². The maximum atomic E-state index is 12.3. The van der Waals surface area contributed by atoms with Gasteiger partial charge in [0.1, 0.15) is 6.54 Å². The minimum atomic E-state index is -0.163. The first kappa shape index (κ1) is 17.2. The number of hydrazine groups is 1. The zero-order valence-electron chi connectivity index (χ0n) is 11.7. The van der Waals surface area contributed by atoms with Gasteiger partial charge in [-0.3, -0.25) is 20.0 Å². The van der Waals surface area contributed by atoms with Crippen molar-refractivity contribution < 1.29 is 4.79 Å². The van der Waals surface area contributed by atoms with Crippen molar-refractivity contribution in [2.24, 2.45) is 5.84 Å². The SMILES string of the molecule is Cl.NN1CCN(C(=O)Cn2c(=O)sc3c(Cl)cccc32)CC1. The lowest BCUT2D eigenvalue weighted by molar-refractivity contribution is -0.133. The van der Waals surface area contributed by atoms with Crippen LogP contribution in [0.25, 0.3) is 10.2 Å². The Labute approximate surface area is 142 Å². The summed E-state index contributed by atoms with van der Waals surface area (Å²) < 4.78 is 2.21. The standard InChI is InChI=1S/C13H15ClN4O2S.ClH/c14-9-2-1-3-10-12(9)21-13(20)18(10)8-11(19)16-4-6-17(15)7-5-16;/h1-3H,4-8,15H2;1H. The van der Waals surface area contributed by atoms with E-state index in [0.717, 1.165) is 16.0 Å². The smallest absolute Gasteiger partial charge is 0.308 e. The van der Waals surface area contributed by atoms with Gasteiger partial charge < -0.3 is 4.90 Å². The summed E-state index contributed by atoms with van der Waals surface area (Å²) in [6.45, 7) is 2.53. The number of piperazine rings is 1. The number of nitrogens with zero attached hydrogens (tertiary/aromatic N) is 3. The van der Waals surface area contributed by atoms with Crippen LogP contribution in [0, 0.1) is 0 Å². The van der Waals surface area contributed by atoms with Crippen molar-refractivity contribution in [2.45, 2.75) is 6.54 Å². The maximum absolute atomic E-state index is 12.3. The Morgan fingerprint density at radius 2 is 1.95 bits per heavy atom. The second-order valence-electron chi connectivity index (χ2n) is 4.96. The van der Waals surface area contributed by atoms with Gasteiger partial charge in [0, 0.05) is 26.2 Å². The lowest BCUT2D eigenvalue weighted by Gasteiger charge is -2.32. The number of fused-ring (bicyclic) bond motifs is 1. The molecule has 0 radical (unpaired) electrons. The van der Waals surface area contributed by atoms with Crippen LogP contribution in [0.15, 0.2) is 23.0 Å². The molecule has 3 rings (SSSR count). The van der Waals surface area contributed by atoms with Gasteiger partial charge in [0.2, 0.25) is 5.91 Å². The van der Waals surface area contributed by atoms with E-state index in [-0.39, 0.29) is 29.7 Å². The molecule has 6 nitrogen and oxygen atoms in total. The number of hydrogen-bond acceptors (Lipinski definition) is 5. The van der Waals surface area contributed by atoms with Crippen LogP contribution in [0.2, 0.25) is 5.02 Å². The Morgan fingerprint density at radius 3 is 2.64 bits per heavy atom. The van der Waals surface area contributed by atoms with E-state index in [2.05, 4.69) is 0 Å².